The first-order valence-electron chi connectivity index (χ1n) is 6.45. The molecular formula is C14H19BrN2O. The van der Waals surface area contributed by atoms with Gasteiger partial charge in [0.05, 0.1) is 11.1 Å². The molecule has 0 radical (unpaired) electrons. The van der Waals surface area contributed by atoms with Crippen LogP contribution in [-0.4, -0.2) is 19.0 Å². The second-order valence-electron chi connectivity index (χ2n) is 4.82. The maximum absolute atomic E-state index is 12.5. The van der Waals surface area contributed by atoms with Gasteiger partial charge in [0.15, 0.2) is 0 Å². The molecule has 1 heterocycles. The van der Waals surface area contributed by atoms with Crippen LogP contribution in [-0.2, 0) is 4.79 Å². The van der Waals surface area contributed by atoms with Gasteiger partial charge in [0, 0.05) is 4.47 Å². The zero-order valence-electron chi connectivity index (χ0n) is 10.6. The molecule has 1 aliphatic heterocycles. The first-order chi connectivity index (χ1) is 8.68. The highest BCUT2D eigenvalue weighted by molar-refractivity contribution is 9.10. The smallest absolute Gasteiger partial charge is 0.230 e. The highest BCUT2D eigenvalue weighted by atomic mass is 79.9. The number of carbonyl (C=O) groups excluding carboxylic acids is 1. The number of piperidine rings is 1. The average molecular weight is 311 g/mol. The largest absolute Gasteiger partial charge is 0.325 e. The van der Waals surface area contributed by atoms with Crippen molar-refractivity contribution in [1.29, 1.82) is 0 Å². The average Bonchev–Trinajstić information content (AvgIpc) is 2.42. The molecule has 1 fully saturated rings. The van der Waals surface area contributed by atoms with Crippen molar-refractivity contribution in [1.82, 2.24) is 5.32 Å². The Bertz CT molecular complexity index is 428. The first kappa shape index (κ1) is 13.6. The van der Waals surface area contributed by atoms with Crippen LogP contribution in [0.15, 0.2) is 28.7 Å². The molecule has 2 N–H and O–H groups in total. The van der Waals surface area contributed by atoms with Crippen molar-refractivity contribution < 1.29 is 4.79 Å². The number of hydrogen-bond acceptors (Lipinski definition) is 2. The molecule has 98 valence electrons. The number of carbonyl (C=O) groups is 1. The summed E-state index contributed by atoms with van der Waals surface area (Å²) in [5, 5.41) is 6.37. The van der Waals surface area contributed by atoms with Crippen LogP contribution in [0.3, 0.4) is 0 Å². The van der Waals surface area contributed by atoms with Crippen LogP contribution in [0.1, 0.15) is 26.2 Å². The van der Waals surface area contributed by atoms with Crippen LogP contribution in [0.5, 0.6) is 0 Å². The van der Waals surface area contributed by atoms with E-state index in [1.54, 1.807) is 0 Å². The van der Waals surface area contributed by atoms with Gasteiger partial charge in [-0.15, -0.1) is 0 Å². The second kappa shape index (κ2) is 5.85. The maximum Gasteiger partial charge on any atom is 0.230 e. The van der Waals surface area contributed by atoms with Crippen LogP contribution in [0.4, 0.5) is 5.69 Å². The fourth-order valence-corrected chi connectivity index (χ4v) is 2.85. The van der Waals surface area contributed by atoms with E-state index in [1.165, 1.54) is 0 Å². The maximum atomic E-state index is 12.5. The van der Waals surface area contributed by atoms with Crippen molar-refractivity contribution in [2.24, 2.45) is 5.41 Å². The Balaban J connectivity index is 2.13. The van der Waals surface area contributed by atoms with Crippen LogP contribution >= 0.6 is 15.9 Å². The monoisotopic (exact) mass is 310 g/mol. The lowest BCUT2D eigenvalue weighted by atomic mass is 9.76. The van der Waals surface area contributed by atoms with Crippen molar-refractivity contribution >= 4 is 27.5 Å². The molecule has 0 aromatic heterocycles. The molecule has 0 atom stereocenters. The summed E-state index contributed by atoms with van der Waals surface area (Å²) >= 11 is 3.46. The van der Waals surface area contributed by atoms with Gasteiger partial charge in [-0.3, -0.25) is 4.79 Å². The number of benzene rings is 1. The van der Waals surface area contributed by atoms with Gasteiger partial charge in [0.1, 0.15) is 0 Å². The molecule has 1 aromatic carbocycles. The minimum atomic E-state index is -0.208. The quantitative estimate of drug-likeness (QED) is 0.900. The lowest BCUT2D eigenvalue weighted by Gasteiger charge is -2.35. The van der Waals surface area contributed by atoms with E-state index in [0.29, 0.717) is 0 Å². The molecule has 1 amide bonds. The van der Waals surface area contributed by atoms with E-state index in [1.807, 2.05) is 24.3 Å². The molecule has 2 rings (SSSR count). The van der Waals surface area contributed by atoms with Gasteiger partial charge in [0.2, 0.25) is 5.91 Å². The number of anilines is 1. The third kappa shape index (κ3) is 2.75. The Kier molecular flexibility index (Phi) is 4.40. The summed E-state index contributed by atoms with van der Waals surface area (Å²) in [5.41, 5.74) is 0.648. The van der Waals surface area contributed by atoms with Gasteiger partial charge in [-0.05, 0) is 60.4 Å². The minimum absolute atomic E-state index is 0.151. The number of para-hydroxylation sites is 1. The first-order valence-corrected chi connectivity index (χ1v) is 7.24. The van der Waals surface area contributed by atoms with E-state index in [-0.39, 0.29) is 11.3 Å². The van der Waals surface area contributed by atoms with Crippen LogP contribution < -0.4 is 10.6 Å². The molecule has 0 bridgehead atoms. The Morgan fingerprint density at radius 2 is 2.06 bits per heavy atom. The second-order valence-corrected chi connectivity index (χ2v) is 5.67. The van der Waals surface area contributed by atoms with Crippen molar-refractivity contribution in [3.05, 3.63) is 28.7 Å². The predicted octanol–water partition coefficient (Wildman–Crippen LogP) is 3.17. The molecular weight excluding hydrogens is 292 g/mol. The van der Waals surface area contributed by atoms with E-state index in [2.05, 4.69) is 33.5 Å². The van der Waals surface area contributed by atoms with Crippen molar-refractivity contribution in [2.45, 2.75) is 26.2 Å². The van der Waals surface area contributed by atoms with Crippen molar-refractivity contribution in [3.63, 3.8) is 0 Å². The third-order valence-electron chi connectivity index (χ3n) is 3.84. The number of amides is 1. The molecule has 3 nitrogen and oxygen atoms in total. The van der Waals surface area contributed by atoms with E-state index >= 15 is 0 Å². The highest BCUT2D eigenvalue weighted by Crippen LogP contribution is 2.34. The summed E-state index contributed by atoms with van der Waals surface area (Å²) < 4.78 is 0.929. The van der Waals surface area contributed by atoms with Gasteiger partial charge < -0.3 is 10.6 Å². The zero-order valence-corrected chi connectivity index (χ0v) is 12.2. The fraction of sp³-hybridized carbons (Fsp3) is 0.500. The Morgan fingerprint density at radius 1 is 1.39 bits per heavy atom. The summed E-state index contributed by atoms with van der Waals surface area (Å²) in [5.74, 6) is 0.151. The SMILES string of the molecule is CCC1(C(=O)Nc2ccccc2Br)CCNCC1. The Hall–Kier alpha value is -0.870. The van der Waals surface area contributed by atoms with E-state index in [0.717, 1.165) is 42.5 Å². The predicted molar refractivity (Wildman–Crippen MR) is 77.6 cm³/mol. The van der Waals surface area contributed by atoms with Gasteiger partial charge in [-0.25, -0.2) is 0 Å². The fourth-order valence-electron chi connectivity index (χ4n) is 2.46. The van der Waals surface area contributed by atoms with Crippen LogP contribution in [0.2, 0.25) is 0 Å². The topological polar surface area (TPSA) is 41.1 Å². The number of nitrogens with one attached hydrogen (secondary N) is 2. The minimum Gasteiger partial charge on any atom is -0.325 e. The Morgan fingerprint density at radius 3 is 2.67 bits per heavy atom. The highest BCUT2D eigenvalue weighted by Gasteiger charge is 2.37. The normalized spacial score (nSPS) is 18.3. The molecule has 0 spiro atoms. The molecule has 1 aromatic rings. The Labute approximate surface area is 116 Å². The molecule has 18 heavy (non-hydrogen) atoms. The molecule has 0 saturated carbocycles. The summed E-state index contributed by atoms with van der Waals surface area (Å²) in [6.45, 7) is 3.96. The summed E-state index contributed by atoms with van der Waals surface area (Å²) in [6, 6.07) is 7.74. The number of hydrogen-bond donors (Lipinski definition) is 2. The van der Waals surface area contributed by atoms with Crippen LogP contribution in [0.25, 0.3) is 0 Å². The van der Waals surface area contributed by atoms with E-state index < -0.39 is 0 Å². The number of halogens is 1. The zero-order chi connectivity index (χ0) is 13.0. The standard InChI is InChI=1S/C14H19BrN2O/c1-2-14(7-9-16-10-8-14)13(18)17-12-6-4-3-5-11(12)15/h3-6,16H,2,7-10H2,1H3,(H,17,18). The lowest BCUT2D eigenvalue weighted by molar-refractivity contribution is -0.127. The molecule has 1 aliphatic rings. The number of rotatable bonds is 3. The van der Waals surface area contributed by atoms with Gasteiger partial charge in [0.25, 0.3) is 0 Å². The summed E-state index contributed by atoms with van der Waals surface area (Å²) in [6.07, 6.45) is 2.73. The molecule has 4 heteroatoms. The van der Waals surface area contributed by atoms with Gasteiger partial charge >= 0.3 is 0 Å². The molecule has 0 unspecified atom stereocenters. The molecule has 0 aliphatic carbocycles. The van der Waals surface area contributed by atoms with Crippen LogP contribution in [0, 0.1) is 5.41 Å². The summed E-state index contributed by atoms with van der Waals surface area (Å²) in [7, 11) is 0. The van der Waals surface area contributed by atoms with Crippen molar-refractivity contribution in [2.75, 3.05) is 18.4 Å². The van der Waals surface area contributed by atoms with E-state index in [4.69, 9.17) is 0 Å². The lowest BCUT2D eigenvalue weighted by Crippen LogP contribution is -2.44. The van der Waals surface area contributed by atoms with Gasteiger partial charge in [-0.2, -0.15) is 0 Å². The van der Waals surface area contributed by atoms with E-state index in [9.17, 15) is 4.79 Å². The molecule has 1 saturated heterocycles. The third-order valence-corrected chi connectivity index (χ3v) is 4.53. The van der Waals surface area contributed by atoms with Gasteiger partial charge in [-0.1, -0.05) is 19.1 Å². The summed E-state index contributed by atoms with van der Waals surface area (Å²) in [4.78, 5) is 12.5. The van der Waals surface area contributed by atoms with Crippen molar-refractivity contribution in [3.8, 4) is 0 Å².